The summed E-state index contributed by atoms with van der Waals surface area (Å²) in [6, 6.07) is 5.42. The molecule has 2 aromatic rings. The molecule has 5 nitrogen and oxygen atoms in total. The number of carbonyl (C=O) groups excluding carboxylic acids is 1. The third-order valence-electron chi connectivity index (χ3n) is 4.03. The Bertz CT molecular complexity index is 721. The molecule has 1 aliphatic heterocycles. The van der Waals surface area contributed by atoms with Crippen LogP contribution in [0.4, 0.5) is 0 Å². The van der Waals surface area contributed by atoms with E-state index < -0.39 is 0 Å². The highest BCUT2D eigenvalue weighted by Gasteiger charge is 2.20. The van der Waals surface area contributed by atoms with Crippen LogP contribution in [0.2, 0.25) is 0 Å². The predicted octanol–water partition coefficient (Wildman–Crippen LogP) is 1.63. The minimum atomic E-state index is -0.0799. The van der Waals surface area contributed by atoms with Crippen molar-refractivity contribution in [1.29, 1.82) is 0 Å². The van der Waals surface area contributed by atoms with E-state index in [2.05, 4.69) is 0 Å². The second kappa shape index (κ2) is 4.90. The van der Waals surface area contributed by atoms with E-state index in [1.807, 2.05) is 6.07 Å². The Kier molecular flexibility index (Phi) is 3.22. The van der Waals surface area contributed by atoms with Gasteiger partial charge in [-0.3, -0.25) is 13.9 Å². The number of hydrogen-bond acceptors (Lipinski definition) is 3. The normalized spacial score (nSPS) is 18.8. The standard InChI is InChI=1S/C15H18N2O3/c1-16-12-6-5-10(8-13(12)17(2)15(16)19)14(18)9-11-4-3-7-20-11/h5-6,8,11H,3-4,7,9H2,1-2H3. The number of nitrogens with zero attached hydrogens (tertiary/aromatic N) is 2. The molecule has 1 atom stereocenters. The molecule has 0 bridgehead atoms. The fraction of sp³-hybridized carbons (Fsp3) is 0.467. The molecule has 0 radical (unpaired) electrons. The quantitative estimate of drug-likeness (QED) is 0.799. The van der Waals surface area contributed by atoms with Gasteiger partial charge in [-0.2, -0.15) is 0 Å². The van der Waals surface area contributed by atoms with Crippen LogP contribution in [0.1, 0.15) is 29.6 Å². The summed E-state index contributed by atoms with van der Waals surface area (Å²) in [5.74, 6) is 0.0788. The van der Waals surface area contributed by atoms with E-state index >= 15 is 0 Å². The Morgan fingerprint density at radius 3 is 2.75 bits per heavy atom. The molecule has 106 valence electrons. The van der Waals surface area contributed by atoms with Crippen molar-refractivity contribution in [1.82, 2.24) is 9.13 Å². The molecule has 0 aliphatic carbocycles. The number of imidazole rings is 1. The molecule has 1 aromatic heterocycles. The Labute approximate surface area is 116 Å². The summed E-state index contributed by atoms with van der Waals surface area (Å²) in [4.78, 5) is 24.1. The zero-order chi connectivity index (χ0) is 14.3. The van der Waals surface area contributed by atoms with Gasteiger partial charge >= 0.3 is 5.69 Å². The van der Waals surface area contributed by atoms with E-state index in [1.54, 1.807) is 35.4 Å². The molecule has 5 heteroatoms. The zero-order valence-corrected chi connectivity index (χ0v) is 11.8. The number of hydrogen-bond donors (Lipinski definition) is 0. The maximum Gasteiger partial charge on any atom is 0.328 e. The first kappa shape index (κ1) is 13.1. The van der Waals surface area contributed by atoms with Crippen molar-refractivity contribution in [2.24, 2.45) is 14.1 Å². The summed E-state index contributed by atoms with van der Waals surface area (Å²) >= 11 is 0. The molecular weight excluding hydrogens is 256 g/mol. The van der Waals surface area contributed by atoms with Gasteiger partial charge in [0.15, 0.2) is 5.78 Å². The van der Waals surface area contributed by atoms with Crippen molar-refractivity contribution >= 4 is 16.8 Å². The number of rotatable bonds is 3. The van der Waals surface area contributed by atoms with Gasteiger partial charge in [-0.25, -0.2) is 4.79 Å². The first-order valence-corrected chi connectivity index (χ1v) is 6.88. The van der Waals surface area contributed by atoms with Crippen molar-refractivity contribution < 1.29 is 9.53 Å². The van der Waals surface area contributed by atoms with Crippen molar-refractivity contribution in [3.63, 3.8) is 0 Å². The molecule has 2 heterocycles. The maximum atomic E-state index is 12.3. The maximum absolute atomic E-state index is 12.3. The molecule has 0 spiro atoms. The molecule has 0 saturated carbocycles. The van der Waals surface area contributed by atoms with Gasteiger partial charge in [0.25, 0.3) is 0 Å². The number of fused-ring (bicyclic) bond motifs is 1. The largest absolute Gasteiger partial charge is 0.378 e. The van der Waals surface area contributed by atoms with E-state index in [9.17, 15) is 9.59 Å². The summed E-state index contributed by atoms with van der Waals surface area (Å²) in [6.45, 7) is 0.754. The molecule has 1 aliphatic rings. The minimum absolute atomic E-state index is 0.0535. The molecule has 1 saturated heterocycles. The monoisotopic (exact) mass is 274 g/mol. The van der Waals surface area contributed by atoms with Gasteiger partial charge in [-0.05, 0) is 31.0 Å². The average Bonchev–Trinajstić information content (AvgIpc) is 3.03. The van der Waals surface area contributed by atoms with Gasteiger partial charge in [0.2, 0.25) is 0 Å². The van der Waals surface area contributed by atoms with E-state index in [4.69, 9.17) is 4.74 Å². The third-order valence-corrected chi connectivity index (χ3v) is 4.03. The van der Waals surface area contributed by atoms with E-state index in [-0.39, 0.29) is 17.6 Å². The molecule has 1 fully saturated rings. The first-order chi connectivity index (χ1) is 9.58. The minimum Gasteiger partial charge on any atom is -0.378 e. The molecule has 0 amide bonds. The lowest BCUT2D eigenvalue weighted by Gasteiger charge is -2.08. The van der Waals surface area contributed by atoms with Crippen molar-refractivity contribution in [2.75, 3.05) is 6.61 Å². The zero-order valence-electron chi connectivity index (χ0n) is 11.8. The SMILES string of the molecule is Cn1c(=O)n(C)c2cc(C(=O)CC3CCCO3)ccc21. The van der Waals surface area contributed by atoms with Gasteiger partial charge < -0.3 is 4.74 Å². The molecule has 20 heavy (non-hydrogen) atoms. The molecular formula is C15H18N2O3. The van der Waals surface area contributed by atoms with E-state index in [0.717, 1.165) is 30.5 Å². The first-order valence-electron chi connectivity index (χ1n) is 6.88. The van der Waals surface area contributed by atoms with Crippen LogP contribution in [0.15, 0.2) is 23.0 Å². The number of carbonyl (C=O) groups is 1. The van der Waals surface area contributed by atoms with Gasteiger partial charge in [-0.1, -0.05) is 0 Å². The number of aryl methyl sites for hydroxylation is 2. The summed E-state index contributed by atoms with van der Waals surface area (Å²) < 4.78 is 8.65. The van der Waals surface area contributed by atoms with E-state index in [0.29, 0.717) is 12.0 Å². The number of aromatic nitrogens is 2. The summed E-state index contributed by atoms with van der Waals surface area (Å²) in [6.07, 6.45) is 2.46. The summed E-state index contributed by atoms with van der Waals surface area (Å²) in [5.41, 5.74) is 2.19. The summed E-state index contributed by atoms with van der Waals surface area (Å²) in [5, 5.41) is 0. The van der Waals surface area contributed by atoms with Crippen LogP contribution in [-0.4, -0.2) is 27.6 Å². The molecule has 0 N–H and O–H groups in total. The van der Waals surface area contributed by atoms with Crippen LogP contribution < -0.4 is 5.69 Å². The average molecular weight is 274 g/mol. The number of benzene rings is 1. The highest BCUT2D eigenvalue weighted by molar-refractivity contribution is 5.99. The van der Waals surface area contributed by atoms with E-state index in [1.165, 1.54) is 0 Å². The number of ketones is 1. The van der Waals surface area contributed by atoms with Crippen LogP contribution in [0, 0.1) is 0 Å². The van der Waals surface area contributed by atoms with Crippen molar-refractivity contribution in [3.8, 4) is 0 Å². The highest BCUT2D eigenvalue weighted by atomic mass is 16.5. The molecule has 1 aromatic carbocycles. The van der Waals surface area contributed by atoms with Gasteiger partial charge in [0, 0.05) is 32.7 Å². The van der Waals surface area contributed by atoms with Crippen LogP contribution in [0.3, 0.4) is 0 Å². The fourth-order valence-corrected chi connectivity index (χ4v) is 2.81. The number of Topliss-reactive ketones (excluding diaryl/α,β-unsaturated/α-hetero) is 1. The lowest BCUT2D eigenvalue weighted by molar-refractivity contribution is 0.0775. The Hall–Kier alpha value is -1.88. The van der Waals surface area contributed by atoms with Crippen LogP contribution in [-0.2, 0) is 18.8 Å². The second-order valence-electron chi connectivity index (χ2n) is 5.37. The topological polar surface area (TPSA) is 53.2 Å². The molecule has 3 rings (SSSR count). The summed E-state index contributed by atoms with van der Waals surface area (Å²) in [7, 11) is 3.46. The van der Waals surface area contributed by atoms with Crippen molar-refractivity contribution in [3.05, 3.63) is 34.2 Å². The van der Waals surface area contributed by atoms with Crippen molar-refractivity contribution in [2.45, 2.75) is 25.4 Å². The predicted molar refractivity (Wildman–Crippen MR) is 76.1 cm³/mol. The fourth-order valence-electron chi connectivity index (χ4n) is 2.81. The highest BCUT2D eigenvalue weighted by Crippen LogP contribution is 2.20. The Morgan fingerprint density at radius 1 is 1.30 bits per heavy atom. The smallest absolute Gasteiger partial charge is 0.328 e. The second-order valence-corrected chi connectivity index (χ2v) is 5.37. The Balaban J connectivity index is 1.94. The number of ether oxygens (including phenoxy) is 1. The van der Waals surface area contributed by atoms with Crippen LogP contribution in [0.5, 0.6) is 0 Å². The van der Waals surface area contributed by atoms with Gasteiger partial charge in [0.05, 0.1) is 17.1 Å². The van der Waals surface area contributed by atoms with Gasteiger partial charge in [0.1, 0.15) is 0 Å². The Morgan fingerprint density at radius 2 is 2.05 bits per heavy atom. The lowest BCUT2D eigenvalue weighted by atomic mass is 10.0. The lowest BCUT2D eigenvalue weighted by Crippen LogP contribution is -2.19. The molecule has 1 unspecified atom stereocenters. The van der Waals surface area contributed by atoms with Crippen LogP contribution >= 0.6 is 0 Å². The van der Waals surface area contributed by atoms with Crippen LogP contribution in [0.25, 0.3) is 11.0 Å². The van der Waals surface area contributed by atoms with Gasteiger partial charge in [-0.15, -0.1) is 0 Å². The third kappa shape index (κ3) is 2.08.